The fourth-order valence-corrected chi connectivity index (χ4v) is 2.70. The molecule has 0 aliphatic heterocycles. The quantitative estimate of drug-likeness (QED) is 0.669. The van der Waals surface area contributed by atoms with Crippen molar-refractivity contribution in [2.24, 2.45) is 0 Å². The van der Waals surface area contributed by atoms with Gasteiger partial charge in [-0.1, -0.05) is 52.0 Å². The Balaban J connectivity index is 1.63. The van der Waals surface area contributed by atoms with Gasteiger partial charge in [-0.3, -0.25) is 0 Å². The molecule has 25 heavy (non-hydrogen) atoms. The van der Waals surface area contributed by atoms with Crippen LogP contribution in [-0.4, -0.2) is 26.9 Å². The number of aromatic hydroxyl groups is 1. The predicted octanol–water partition coefficient (Wildman–Crippen LogP) is 4.83. The van der Waals surface area contributed by atoms with Gasteiger partial charge < -0.3 is 9.84 Å². The summed E-state index contributed by atoms with van der Waals surface area (Å²) in [7, 11) is 0. The smallest absolute Gasteiger partial charge is 0.335 e. The highest BCUT2D eigenvalue weighted by molar-refractivity contribution is 6.37. The van der Waals surface area contributed by atoms with Crippen LogP contribution in [0.3, 0.4) is 0 Å². The normalized spacial score (nSPS) is 10.7. The Hall–Kier alpha value is -2.08. The van der Waals surface area contributed by atoms with Crippen molar-refractivity contribution in [3.05, 3.63) is 63.2 Å². The third-order valence-corrected chi connectivity index (χ3v) is 4.22. The number of rotatable bonds is 5. The van der Waals surface area contributed by atoms with Crippen LogP contribution in [0.2, 0.25) is 15.1 Å². The first-order chi connectivity index (χ1) is 12.0. The molecule has 0 saturated heterocycles. The van der Waals surface area contributed by atoms with E-state index in [1.165, 1.54) is 18.3 Å². The average molecular weight is 397 g/mol. The summed E-state index contributed by atoms with van der Waals surface area (Å²) < 4.78 is 5.49. The van der Waals surface area contributed by atoms with Crippen molar-refractivity contribution in [3.8, 4) is 23.0 Å². The van der Waals surface area contributed by atoms with Crippen LogP contribution in [0.25, 0.3) is 11.3 Å². The molecular weight excluding hydrogens is 385 g/mol. The molecule has 3 rings (SSSR count). The number of nitrogens with zero attached hydrogens (tertiary/aromatic N) is 3. The minimum atomic E-state index is -0.171. The van der Waals surface area contributed by atoms with Crippen LogP contribution in [0.15, 0.2) is 42.6 Å². The SMILES string of the molecule is Oc1c(Cl)cc(-c2cnc(OCCc3ccc(Cl)cc3)nn2)cc1Cl. The van der Waals surface area contributed by atoms with Gasteiger partial charge in [0.15, 0.2) is 5.75 Å². The lowest BCUT2D eigenvalue weighted by molar-refractivity contribution is 0.292. The summed E-state index contributed by atoms with van der Waals surface area (Å²) in [6, 6.07) is 10.8. The van der Waals surface area contributed by atoms with E-state index in [-0.39, 0.29) is 21.8 Å². The van der Waals surface area contributed by atoms with Crippen LogP contribution in [0, 0.1) is 0 Å². The fraction of sp³-hybridized carbons (Fsp3) is 0.118. The van der Waals surface area contributed by atoms with Crippen LogP contribution in [0.4, 0.5) is 0 Å². The van der Waals surface area contributed by atoms with Gasteiger partial charge >= 0.3 is 6.01 Å². The molecule has 8 heteroatoms. The standard InChI is InChI=1S/C17H12Cl3N3O2/c18-12-3-1-10(2-4-12)5-6-25-17-21-9-15(22-23-17)11-7-13(19)16(24)14(20)8-11/h1-4,7-9,24H,5-6H2. The molecule has 0 fully saturated rings. The van der Waals surface area contributed by atoms with Crippen molar-refractivity contribution in [1.82, 2.24) is 15.2 Å². The largest absolute Gasteiger partial charge is 0.505 e. The number of benzene rings is 2. The van der Waals surface area contributed by atoms with Gasteiger partial charge in [0.25, 0.3) is 0 Å². The maximum Gasteiger partial charge on any atom is 0.335 e. The summed E-state index contributed by atoms with van der Waals surface area (Å²) in [6.07, 6.45) is 2.20. The summed E-state index contributed by atoms with van der Waals surface area (Å²) >= 11 is 17.6. The number of phenolic OH excluding ortho intramolecular Hbond substituents is 1. The molecular formula is C17H12Cl3N3O2. The number of halogens is 3. The van der Waals surface area contributed by atoms with Crippen molar-refractivity contribution < 1.29 is 9.84 Å². The van der Waals surface area contributed by atoms with Gasteiger partial charge in [-0.25, -0.2) is 4.98 Å². The van der Waals surface area contributed by atoms with Gasteiger partial charge in [-0.15, -0.1) is 5.10 Å². The fourth-order valence-electron chi connectivity index (χ4n) is 2.09. The zero-order valence-corrected chi connectivity index (χ0v) is 15.1. The number of hydrogen-bond acceptors (Lipinski definition) is 5. The van der Waals surface area contributed by atoms with Gasteiger partial charge in [0, 0.05) is 17.0 Å². The van der Waals surface area contributed by atoms with E-state index < -0.39 is 0 Å². The van der Waals surface area contributed by atoms with Gasteiger partial charge in [0.05, 0.1) is 22.8 Å². The van der Waals surface area contributed by atoms with E-state index in [0.29, 0.717) is 29.3 Å². The summed E-state index contributed by atoms with van der Waals surface area (Å²) in [4.78, 5) is 4.12. The second kappa shape index (κ2) is 7.87. The molecule has 3 aromatic rings. The molecule has 0 aliphatic carbocycles. The first-order valence-corrected chi connectivity index (χ1v) is 8.41. The lowest BCUT2D eigenvalue weighted by Gasteiger charge is -2.06. The highest BCUT2D eigenvalue weighted by atomic mass is 35.5. The van der Waals surface area contributed by atoms with E-state index in [0.717, 1.165) is 5.56 Å². The summed E-state index contributed by atoms with van der Waals surface area (Å²) in [5, 5.41) is 18.5. The average Bonchev–Trinajstić information content (AvgIpc) is 2.61. The maximum absolute atomic E-state index is 9.59. The van der Waals surface area contributed by atoms with Gasteiger partial charge in [-0.2, -0.15) is 0 Å². The van der Waals surface area contributed by atoms with E-state index in [4.69, 9.17) is 39.5 Å². The molecule has 1 N–H and O–H groups in total. The molecule has 0 unspecified atom stereocenters. The highest BCUT2D eigenvalue weighted by Gasteiger charge is 2.10. The molecule has 0 bridgehead atoms. The van der Waals surface area contributed by atoms with Crippen molar-refractivity contribution in [1.29, 1.82) is 0 Å². The van der Waals surface area contributed by atoms with Crippen LogP contribution in [-0.2, 0) is 6.42 Å². The molecule has 0 radical (unpaired) electrons. The van der Waals surface area contributed by atoms with Crippen molar-refractivity contribution >= 4 is 34.8 Å². The molecule has 5 nitrogen and oxygen atoms in total. The van der Waals surface area contributed by atoms with E-state index in [2.05, 4.69) is 15.2 Å². The Labute approximate surface area is 159 Å². The topological polar surface area (TPSA) is 68.1 Å². The first kappa shape index (κ1) is 17.7. The Morgan fingerprint density at radius 1 is 0.960 bits per heavy atom. The van der Waals surface area contributed by atoms with Crippen LogP contribution in [0.1, 0.15) is 5.56 Å². The first-order valence-electron chi connectivity index (χ1n) is 7.28. The molecule has 1 aromatic heterocycles. The van der Waals surface area contributed by atoms with E-state index in [9.17, 15) is 5.11 Å². The van der Waals surface area contributed by atoms with Crippen LogP contribution < -0.4 is 4.74 Å². The minimum absolute atomic E-state index is 0.132. The molecule has 0 atom stereocenters. The summed E-state index contributed by atoms with van der Waals surface area (Å²) in [5.41, 5.74) is 2.16. The molecule has 128 valence electrons. The zero-order valence-electron chi connectivity index (χ0n) is 12.8. The second-order valence-corrected chi connectivity index (χ2v) is 6.39. The maximum atomic E-state index is 9.59. The summed E-state index contributed by atoms with van der Waals surface area (Å²) in [6.45, 7) is 0.416. The molecule has 2 aromatic carbocycles. The number of hydrogen-bond donors (Lipinski definition) is 1. The Kier molecular flexibility index (Phi) is 5.58. The lowest BCUT2D eigenvalue weighted by Crippen LogP contribution is -2.05. The molecule has 0 spiro atoms. The van der Waals surface area contributed by atoms with E-state index >= 15 is 0 Å². The van der Waals surface area contributed by atoms with Gasteiger partial charge in [-0.05, 0) is 29.8 Å². The Morgan fingerprint density at radius 2 is 1.64 bits per heavy atom. The molecule has 1 heterocycles. The third-order valence-electron chi connectivity index (χ3n) is 3.39. The summed E-state index contributed by atoms with van der Waals surface area (Å²) in [5.74, 6) is -0.171. The lowest BCUT2D eigenvalue weighted by atomic mass is 10.1. The van der Waals surface area contributed by atoms with Crippen molar-refractivity contribution in [2.75, 3.05) is 6.61 Å². The molecule has 0 saturated carbocycles. The minimum Gasteiger partial charge on any atom is -0.505 e. The Morgan fingerprint density at radius 3 is 2.24 bits per heavy atom. The Bertz CT molecular complexity index is 848. The van der Waals surface area contributed by atoms with Gasteiger partial charge in [0.1, 0.15) is 5.69 Å². The molecule has 0 amide bonds. The van der Waals surface area contributed by atoms with E-state index in [1.807, 2.05) is 24.3 Å². The zero-order chi connectivity index (χ0) is 17.8. The highest BCUT2D eigenvalue weighted by Crippen LogP contribution is 2.35. The van der Waals surface area contributed by atoms with Crippen LogP contribution >= 0.6 is 34.8 Å². The van der Waals surface area contributed by atoms with Crippen molar-refractivity contribution in [3.63, 3.8) is 0 Å². The molecule has 0 aliphatic rings. The van der Waals surface area contributed by atoms with E-state index in [1.54, 1.807) is 0 Å². The second-order valence-electron chi connectivity index (χ2n) is 5.14. The third kappa shape index (κ3) is 4.51. The number of ether oxygens (including phenoxy) is 1. The number of phenols is 1. The van der Waals surface area contributed by atoms with Crippen molar-refractivity contribution in [2.45, 2.75) is 6.42 Å². The van der Waals surface area contributed by atoms with Gasteiger partial charge in [0.2, 0.25) is 0 Å². The predicted molar refractivity (Wildman–Crippen MR) is 97.6 cm³/mol. The monoisotopic (exact) mass is 395 g/mol. The number of aromatic nitrogens is 3. The van der Waals surface area contributed by atoms with Crippen LogP contribution in [0.5, 0.6) is 11.8 Å².